The molecule has 11 atom stereocenters. The number of hydrogen-bond donors (Lipinski definition) is 3. The van der Waals surface area contributed by atoms with Crippen molar-refractivity contribution in [2.24, 2.45) is 63.5 Å². The molecule has 4 aliphatic carbocycles. The lowest BCUT2D eigenvalue weighted by Gasteiger charge is -2.64. The predicted molar refractivity (Wildman–Crippen MR) is 209 cm³/mol. The van der Waals surface area contributed by atoms with Crippen molar-refractivity contribution in [3.63, 3.8) is 0 Å². The first kappa shape index (κ1) is 44.5. The topological polar surface area (TPSA) is 183 Å². The Kier molecular flexibility index (Phi) is 17.6. The van der Waals surface area contributed by atoms with Crippen LogP contribution in [-0.2, 0) is 38.1 Å². The fourth-order valence-electron chi connectivity index (χ4n) is 11.6. The highest BCUT2D eigenvalue weighted by Crippen LogP contribution is 2.69. The number of fused-ring (bicyclic) bond motifs is 5. The van der Waals surface area contributed by atoms with Crippen LogP contribution < -0.4 is 17.2 Å². The summed E-state index contributed by atoms with van der Waals surface area (Å²) in [6, 6.07) is 0. The zero-order chi connectivity index (χ0) is 39.3. The van der Waals surface area contributed by atoms with Crippen LogP contribution in [0.15, 0.2) is 0 Å². The average molecular weight is 762 g/mol. The minimum Gasteiger partial charge on any atom is -0.466 e. The molecule has 310 valence electrons. The largest absolute Gasteiger partial charge is 0.466 e. The average Bonchev–Trinajstić information content (AvgIpc) is 3.49. The van der Waals surface area contributed by atoms with E-state index in [4.69, 9.17) is 36.1 Å². The molecule has 0 aromatic rings. The van der Waals surface area contributed by atoms with Crippen LogP contribution in [0.3, 0.4) is 0 Å². The van der Waals surface area contributed by atoms with Crippen LogP contribution in [0.4, 0.5) is 0 Å². The van der Waals surface area contributed by atoms with Crippen LogP contribution in [0.5, 0.6) is 0 Å². The summed E-state index contributed by atoms with van der Waals surface area (Å²) in [5.74, 6) is -0.000836. The molecule has 54 heavy (non-hydrogen) atoms. The fraction of sp³-hybridized carbons (Fsp3) is 0.907. The van der Waals surface area contributed by atoms with E-state index in [0.717, 1.165) is 38.5 Å². The smallest absolute Gasteiger partial charge is 0.307 e. The lowest BCUT2D eigenvalue weighted by atomic mass is 9.43. The standard InChI is InChI=1S/C43H75N3O8/c1-5-6-7-8-9-10-11-12-25-51-37(47)16-13-29(2)32-14-15-33-41-34(28-36(43(32,33)4)54-40(50)20-24-46)42(3)21-17-31(52-38(48)18-22-44)26-30(42)27-35(41)53-39(49)19-23-45/h29-36,41H,5-28,44-46H2,1-4H3. The molecule has 0 bridgehead atoms. The highest BCUT2D eigenvalue weighted by molar-refractivity contribution is 5.71. The molecule has 4 saturated carbocycles. The summed E-state index contributed by atoms with van der Waals surface area (Å²) in [4.78, 5) is 51.7. The number of carbonyl (C=O) groups excluding carboxylic acids is 4. The van der Waals surface area contributed by atoms with Gasteiger partial charge in [0.05, 0.1) is 25.9 Å². The number of esters is 4. The Morgan fingerprint density at radius 2 is 1.30 bits per heavy atom. The molecule has 0 aromatic heterocycles. The molecule has 4 fully saturated rings. The molecule has 11 heteroatoms. The molecule has 0 aliphatic heterocycles. The third-order valence-corrected chi connectivity index (χ3v) is 14.4. The van der Waals surface area contributed by atoms with Crippen LogP contribution in [0, 0.1) is 46.3 Å². The van der Waals surface area contributed by atoms with Crippen LogP contribution in [-0.4, -0.2) is 68.4 Å². The third kappa shape index (κ3) is 11.0. The van der Waals surface area contributed by atoms with Crippen molar-refractivity contribution >= 4 is 23.9 Å². The van der Waals surface area contributed by atoms with Crippen LogP contribution >= 0.6 is 0 Å². The summed E-state index contributed by atoms with van der Waals surface area (Å²) in [5.41, 5.74) is 16.8. The number of hydrogen-bond acceptors (Lipinski definition) is 11. The van der Waals surface area contributed by atoms with Crippen molar-refractivity contribution in [2.45, 2.75) is 174 Å². The van der Waals surface area contributed by atoms with Gasteiger partial charge in [0.25, 0.3) is 0 Å². The summed E-state index contributed by atoms with van der Waals surface area (Å²) in [6.07, 6.45) is 15.9. The highest BCUT2D eigenvalue weighted by Gasteiger charge is 2.67. The molecule has 4 rings (SSSR count). The van der Waals surface area contributed by atoms with Gasteiger partial charge in [0.15, 0.2) is 0 Å². The zero-order valence-electron chi connectivity index (χ0n) is 34.2. The summed E-state index contributed by atoms with van der Waals surface area (Å²) in [5, 5.41) is 0. The molecule has 11 nitrogen and oxygen atoms in total. The lowest BCUT2D eigenvalue weighted by Crippen LogP contribution is -2.63. The first-order valence-electron chi connectivity index (χ1n) is 21.8. The van der Waals surface area contributed by atoms with E-state index >= 15 is 0 Å². The Hall–Kier alpha value is -2.24. The molecule has 4 aliphatic rings. The Labute approximate surface area is 325 Å². The molecule has 11 unspecified atom stereocenters. The van der Waals surface area contributed by atoms with Crippen molar-refractivity contribution in [3.05, 3.63) is 0 Å². The van der Waals surface area contributed by atoms with Gasteiger partial charge in [-0.3, -0.25) is 19.2 Å². The summed E-state index contributed by atoms with van der Waals surface area (Å²) >= 11 is 0. The molecular weight excluding hydrogens is 686 g/mol. The molecule has 0 heterocycles. The second-order valence-electron chi connectivity index (χ2n) is 17.7. The van der Waals surface area contributed by atoms with Crippen molar-refractivity contribution in [2.75, 3.05) is 26.2 Å². The van der Waals surface area contributed by atoms with E-state index in [-0.39, 0.29) is 127 Å². The molecular formula is C43H75N3O8. The zero-order valence-corrected chi connectivity index (χ0v) is 34.2. The van der Waals surface area contributed by atoms with E-state index in [1.165, 1.54) is 38.5 Å². The Morgan fingerprint density at radius 1 is 0.685 bits per heavy atom. The number of unbranched alkanes of at least 4 members (excludes halogenated alkanes) is 7. The van der Waals surface area contributed by atoms with Gasteiger partial charge in [-0.2, -0.15) is 0 Å². The second-order valence-corrected chi connectivity index (χ2v) is 17.7. The number of rotatable bonds is 22. The van der Waals surface area contributed by atoms with Gasteiger partial charge in [-0.25, -0.2) is 0 Å². The molecule has 0 saturated heterocycles. The molecule has 0 amide bonds. The van der Waals surface area contributed by atoms with Crippen LogP contribution in [0.1, 0.15) is 156 Å². The third-order valence-electron chi connectivity index (χ3n) is 14.4. The number of nitrogens with two attached hydrogens (primary N) is 3. The number of carbonyl (C=O) groups is 4. The van der Waals surface area contributed by atoms with E-state index in [9.17, 15) is 19.2 Å². The maximum absolute atomic E-state index is 13.3. The van der Waals surface area contributed by atoms with Gasteiger partial charge in [-0.1, -0.05) is 72.6 Å². The summed E-state index contributed by atoms with van der Waals surface area (Å²) < 4.78 is 24.4. The Balaban J connectivity index is 1.50. The summed E-state index contributed by atoms with van der Waals surface area (Å²) in [6.45, 7) is 10.3. The van der Waals surface area contributed by atoms with E-state index in [0.29, 0.717) is 38.7 Å². The van der Waals surface area contributed by atoms with Gasteiger partial charge >= 0.3 is 23.9 Å². The van der Waals surface area contributed by atoms with Crippen LogP contribution in [0.2, 0.25) is 0 Å². The minimum absolute atomic E-state index is 0.0904. The maximum Gasteiger partial charge on any atom is 0.307 e. The normalized spacial score (nSPS) is 33.5. The SMILES string of the molecule is CCCCCCCCCCOC(=O)CCC(C)C1CCC2C3C(OC(=O)CCN)CC4CC(OC(=O)CCN)CCC4(C)C3CC(OC(=O)CCN)C12C. The Morgan fingerprint density at radius 3 is 1.94 bits per heavy atom. The van der Waals surface area contributed by atoms with Crippen LogP contribution in [0.25, 0.3) is 0 Å². The summed E-state index contributed by atoms with van der Waals surface area (Å²) in [7, 11) is 0. The molecule has 0 aromatic carbocycles. The van der Waals surface area contributed by atoms with Crippen molar-refractivity contribution in [1.82, 2.24) is 0 Å². The molecule has 0 spiro atoms. The van der Waals surface area contributed by atoms with Crippen molar-refractivity contribution in [3.8, 4) is 0 Å². The van der Waals surface area contributed by atoms with Gasteiger partial charge in [0.1, 0.15) is 18.3 Å². The number of ether oxygens (including phenoxy) is 4. The van der Waals surface area contributed by atoms with Gasteiger partial charge in [-0.15, -0.1) is 0 Å². The molecule has 0 radical (unpaired) electrons. The first-order chi connectivity index (χ1) is 25.9. The van der Waals surface area contributed by atoms with Gasteiger partial charge in [0.2, 0.25) is 0 Å². The predicted octanol–water partition coefficient (Wildman–Crippen LogP) is 6.75. The van der Waals surface area contributed by atoms with Gasteiger partial charge in [-0.05, 0) is 92.8 Å². The molecule has 6 N–H and O–H groups in total. The highest BCUT2D eigenvalue weighted by atomic mass is 16.6. The Bertz CT molecular complexity index is 1220. The van der Waals surface area contributed by atoms with E-state index < -0.39 is 0 Å². The minimum atomic E-state index is -0.372. The van der Waals surface area contributed by atoms with Gasteiger partial charge < -0.3 is 36.1 Å². The van der Waals surface area contributed by atoms with Crippen molar-refractivity contribution < 1.29 is 38.1 Å². The van der Waals surface area contributed by atoms with E-state index in [1.807, 2.05) is 0 Å². The van der Waals surface area contributed by atoms with Gasteiger partial charge in [0, 0.05) is 37.4 Å². The fourth-order valence-corrected chi connectivity index (χ4v) is 11.6. The maximum atomic E-state index is 13.3. The first-order valence-corrected chi connectivity index (χ1v) is 21.8. The van der Waals surface area contributed by atoms with E-state index in [2.05, 4.69) is 27.7 Å². The van der Waals surface area contributed by atoms with E-state index in [1.54, 1.807) is 0 Å². The lowest BCUT2D eigenvalue weighted by molar-refractivity contribution is -0.225. The quantitative estimate of drug-likeness (QED) is 0.0603. The van der Waals surface area contributed by atoms with Crippen molar-refractivity contribution in [1.29, 1.82) is 0 Å². The second kappa shape index (κ2) is 21.3. The monoisotopic (exact) mass is 762 g/mol.